The maximum atomic E-state index is 11.9. The summed E-state index contributed by atoms with van der Waals surface area (Å²) in [6.07, 6.45) is 3.00. The highest BCUT2D eigenvalue weighted by atomic mass is 16.5. The predicted octanol–water partition coefficient (Wildman–Crippen LogP) is 1.85. The van der Waals surface area contributed by atoms with Crippen molar-refractivity contribution in [3.05, 3.63) is 36.0 Å². The van der Waals surface area contributed by atoms with Crippen molar-refractivity contribution in [1.29, 1.82) is 0 Å². The zero-order chi connectivity index (χ0) is 15.4. The SMILES string of the molecule is COCC(=O)N1CCCN(Cc2cccc3cc[nH]c23)CC1. The Morgan fingerprint density at radius 2 is 2.14 bits per heavy atom. The molecule has 5 nitrogen and oxygen atoms in total. The minimum absolute atomic E-state index is 0.0934. The van der Waals surface area contributed by atoms with Gasteiger partial charge in [-0.1, -0.05) is 18.2 Å². The minimum atomic E-state index is 0.0934. The van der Waals surface area contributed by atoms with Crippen molar-refractivity contribution in [1.82, 2.24) is 14.8 Å². The topological polar surface area (TPSA) is 48.6 Å². The number of aromatic amines is 1. The van der Waals surface area contributed by atoms with Gasteiger partial charge in [-0.2, -0.15) is 0 Å². The molecule has 3 rings (SSSR count). The number of hydrogen-bond acceptors (Lipinski definition) is 3. The highest BCUT2D eigenvalue weighted by Crippen LogP contribution is 2.19. The second kappa shape index (κ2) is 6.94. The average Bonchev–Trinajstić information content (AvgIpc) is 2.88. The molecule has 22 heavy (non-hydrogen) atoms. The third-order valence-electron chi connectivity index (χ3n) is 4.28. The fraction of sp³-hybridized carbons (Fsp3) is 0.471. The van der Waals surface area contributed by atoms with Crippen LogP contribution in [0, 0.1) is 0 Å². The van der Waals surface area contributed by atoms with Crippen molar-refractivity contribution in [2.45, 2.75) is 13.0 Å². The van der Waals surface area contributed by atoms with Gasteiger partial charge in [0.2, 0.25) is 5.91 Å². The summed E-state index contributed by atoms with van der Waals surface area (Å²) >= 11 is 0. The molecule has 0 saturated carbocycles. The molecule has 1 amide bonds. The number of amides is 1. The number of nitrogens with zero attached hydrogens (tertiary/aromatic N) is 2. The Morgan fingerprint density at radius 1 is 1.23 bits per heavy atom. The molecule has 118 valence electrons. The molecule has 1 fully saturated rings. The first-order chi connectivity index (χ1) is 10.8. The van der Waals surface area contributed by atoms with Gasteiger partial charge in [0.1, 0.15) is 6.61 Å². The first-order valence-corrected chi connectivity index (χ1v) is 7.82. The molecule has 0 radical (unpaired) electrons. The van der Waals surface area contributed by atoms with E-state index in [1.54, 1.807) is 7.11 Å². The number of ether oxygens (including phenoxy) is 1. The van der Waals surface area contributed by atoms with E-state index in [0.29, 0.717) is 0 Å². The van der Waals surface area contributed by atoms with Crippen LogP contribution >= 0.6 is 0 Å². The monoisotopic (exact) mass is 301 g/mol. The van der Waals surface area contributed by atoms with E-state index in [9.17, 15) is 4.79 Å². The van der Waals surface area contributed by atoms with Crippen LogP contribution in [0.2, 0.25) is 0 Å². The summed E-state index contributed by atoms with van der Waals surface area (Å²) in [6, 6.07) is 8.52. The number of nitrogens with one attached hydrogen (secondary N) is 1. The molecular weight excluding hydrogens is 278 g/mol. The Bertz CT molecular complexity index is 638. The first-order valence-electron chi connectivity index (χ1n) is 7.82. The zero-order valence-corrected chi connectivity index (χ0v) is 13.0. The summed E-state index contributed by atoms with van der Waals surface area (Å²) in [5.74, 6) is 0.0934. The summed E-state index contributed by atoms with van der Waals surface area (Å²) < 4.78 is 4.95. The lowest BCUT2D eigenvalue weighted by atomic mass is 10.1. The fourth-order valence-corrected chi connectivity index (χ4v) is 3.12. The van der Waals surface area contributed by atoms with Gasteiger partial charge in [-0.05, 0) is 23.4 Å². The van der Waals surface area contributed by atoms with Crippen LogP contribution in [0.3, 0.4) is 0 Å². The number of methoxy groups -OCH3 is 1. The molecule has 2 aromatic rings. The van der Waals surface area contributed by atoms with Crippen LogP contribution in [0.5, 0.6) is 0 Å². The molecule has 0 spiro atoms. The van der Waals surface area contributed by atoms with E-state index in [1.807, 2.05) is 11.1 Å². The molecule has 1 aliphatic rings. The smallest absolute Gasteiger partial charge is 0.248 e. The molecule has 0 atom stereocenters. The lowest BCUT2D eigenvalue weighted by Gasteiger charge is -2.22. The first kappa shape index (κ1) is 15.1. The second-order valence-electron chi connectivity index (χ2n) is 5.80. The fourth-order valence-electron chi connectivity index (χ4n) is 3.12. The maximum Gasteiger partial charge on any atom is 0.248 e. The molecule has 1 saturated heterocycles. The van der Waals surface area contributed by atoms with Crippen LogP contribution in [-0.2, 0) is 16.1 Å². The molecule has 1 aliphatic heterocycles. The van der Waals surface area contributed by atoms with E-state index in [1.165, 1.54) is 16.5 Å². The summed E-state index contributed by atoms with van der Waals surface area (Å²) in [4.78, 5) is 19.6. The Hall–Kier alpha value is -1.85. The van der Waals surface area contributed by atoms with Crippen LogP contribution in [0.25, 0.3) is 10.9 Å². The van der Waals surface area contributed by atoms with Gasteiger partial charge in [-0.15, -0.1) is 0 Å². The molecule has 5 heteroatoms. The van der Waals surface area contributed by atoms with Crippen molar-refractivity contribution in [2.75, 3.05) is 39.9 Å². The zero-order valence-electron chi connectivity index (χ0n) is 13.0. The van der Waals surface area contributed by atoms with Gasteiger partial charge < -0.3 is 14.6 Å². The van der Waals surface area contributed by atoms with E-state index < -0.39 is 0 Å². The van der Waals surface area contributed by atoms with Crippen LogP contribution in [-0.4, -0.2) is 60.6 Å². The van der Waals surface area contributed by atoms with Gasteiger partial charge in [-0.3, -0.25) is 9.69 Å². The van der Waals surface area contributed by atoms with E-state index in [0.717, 1.165) is 39.1 Å². The third-order valence-corrected chi connectivity index (χ3v) is 4.28. The number of aromatic nitrogens is 1. The van der Waals surface area contributed by atoms with Crippen molar-refractivity contribution < 1.29 is 9.53 Å². The second-order valence-corrected chi connectivity index (χ2v) is 5.80. The summed E-state index contributed by atoms with van der Waals surface area (Å²) in [5.41, 5.74) is 2.54. The molecule has 1 aromatic heterocycles. The van der Waals surface area contributed by atoms with Crippen molar-refractivity contribution >= 4 is 16.8 Å². The third kappa shape index (κ3) is 3.31. The maximum absolute atomic E-state index is 11.9. The number of para-hydroxylation sites is 1. The molecule has 1 aromatic carbocycles. The molecule has 1 N–H and O–H groups in total. The molecule has 0 aliphatic carbocycles. The van der Waals surface area contributed by atoms with Crippen molar-refractivity contribution in [3.63, 3.8) is 0 Å². The predicted molar refractivity (Wildman–Crippen MR) is 86.6 cm³/mol. The summed E-state index contributed by atoms with van der Waals surface area (Å²) in [6.45, 7) is 4.64. The van der Waals surface area contributed by atoms with Gasteiger partial charge in [0.15, 0.2) is 0 Å². The van der Waals surface area contributed by atoms with Crippen LogP contribution in [0.4, 0.5) is 0 Å². The summed E-state index contributed by atoms with van der Waals surface area (Å²) in [5, 5.41) is 1.25. The van der Waals surface area contributed by atoms with Gasteiger partial charge >= 0.3 is 0 Å². The Morgan fingerprint density at radius 3 is 3.00 bits per heavy atom. The standard InChI is InChI=1S/C17H23N3O2/c1-22-13-16(21)20-9-3-8-19(10-11-20)12-15-5-2-4-14-6-7-18-17(14)15/h2,4-7,18H,3,8-13H2,1H3. The number of carbonyl (C=O) groups excluding carboxylic acids is 1. The van der Waals surface area contributed by atoms with Gasteiger partial charge in [0.25, 0.3) is 0 Å². The highest BCUT2D eigenvalue weighted by Gasteiger charge is 2.19. The number of carbonyl (C=O) groups is 1. The Labute approximate surface area is 130 Å². The Balaban J connectivity index is 1.64. The Kier molecular flexibility index (Phi) is 4.75. The average molecular weight is 301 g/mol. The van der Waals surface area contributed by atoms with Gasteiger partial charge in [0, 0.05) is 51.5 Å². The van der Waals surface area contributed by atoms with Crippen molar-refractivity contribution in [2.24, 2.45) is 0 Å². The number of benzene rings is 1. The number of fused-ring (bicyclic) bond motifs is 1. The quantitative estimate of drug-likeness (QED) is 0.937. The van der Waals surface area contributed by atoms with Crippen molar-refractivity contribution in [3.8, 4) is 0 Å². The molecule has 0 unspecified atom stereocenters. The van der Waals surface area contributed by atoms with E-state index in [2.05, 4.69) is 34.1 Å². The molecule has 2 heterocycles. The van der Waals surface area contributed by atoms with Crippen LogP contribution in [0.1, 0.15) is 12.0 Å². The number of rotatable bonds is 4. The molecular formula is C17H23N3O2. The summed E-state index contributed by atoms with van der Waals surface area (Å²) in [7, 11) is 1.57. The highest BCUT2D eigenvalue weighted by molar-refractivity contribution is 5.82. The lowest BCUT2D eigenvalue weighted by Crippen LogP contribution is -2.37. The minimum Gasteiger partial charge on any atom is -0.375 e. The van der Waals surface area contributed by atoms with E-state index >= 15 is 0 Å². The normalized spacial score (nSPS) is 16.9. The van der Waals surface area contributed by atoms with Crippen LogP contribution < -0.4 is 0 Å². The van der Waals surface area contributed by atoms with Gasteiger partial charge in [-0.25, -0.2) is 0 Å². The largest absolute Gasteiger partial charge is 0.375 e. The molecule has 0 bridgehead atoms. The lowest BCUT2D eigenvalue weighted by molar-refractivity contribution is -0.135. The number of H-pyrrole nitrogens is 1. The van der Waals surface area contributed by atoms with E-state index in [4.69, 9.17) is 4.74 Å². The van der Waals surface area contributed by atoms with Gasteiger partial charge in [0.05, 0.1) is 0 Å². The number of hydrogen-bond donors (Lipinski definition) is 1. The van der Waals surface area contributed by atoms with Crippen LogP contribution in [0.15, 0.2) is 30.5 Å². The van der Waals surface area contributed by atoms with E-state index in [-0.39, 0.29) is 12.5 Å².